The lowest BCUT2D eigenvalue weighted by Gasteiger charge is -2.24. The van der Waals surface area contributed by atoms with Crippen molar-refractivity contribution in [2.45, 2.75) is 17.7 Å². The van der Waals surface area contributed by atoms with Crippen LogP contribution in [0.3, 0.4) is 0 Å². The number of benzene rings is 1. The van der Waals surface area contributed by atoms with Crippen LogP contribution in [0.15, 0.2) is 23.1 Å². The van der Waals surface area contributed by atoms with Crippen molar-refractivity contribution in [3.8, 4) is 0 Å². The van der Waals surface area contributed by atoms with Gasteiger partial charge in [-0.05, 0) is 72.3 Å². The summed E-state index contributed by atoms with van der Waals surface area (Å²) < 4.78 is 40.7. The Labute approximate surface area is 150 Å². The molecule has 0 saturated heterocycles. The van der Waals surface area contributed by atoms with Gasteiger partial charge >= 0.3 is 0 Å². The summed E-state index contributed by atoms with van der Waals surface area (Å²) in [6, 6.07) is 3.42. The van der Waals surface area contributed by atoms with Crippen molar-refractivity contribution in [1.29, 1.82) is 0 Å². The second-order valence-electron chi connectivity index (χ2n) is 6.29. The number of rotatable bonds is 10. The van der Waals surface area contributed by atoms with Gasteiger partial charge in [0, 0.05) is 13.1 Å². The van der Waals surface area contributed by atoms with Gasteiger partial charge in [-0.15, -0.1) is 0 Å². The lowest BCUT2D eigenvalue weighted by atomic mass is 10.3. The first kappa shape index (κ1) is 21.3. The Morgan fingerprint density at radius 2 is 1.46 bits per heavy atom. The molecule has 0 radical (unpaired) electrons. The van der Waals surface area contributed by atoms with Gasteiger partial charge in [-0.1, -0.05) is 11.6 Å². The molecule has 0 aliphatic carbocycles. The summed E-state index contributed by atoms with van der Waals surface area (Å²) in [6.07, 6.45) is 1.39. The van der Waals surface area contributed by atoms with Crippen LogP contribution in [0.4, 0.5) is 4.39 Å². The van der Waals surface area contributed by atoms with Crippen molar-refractivity contribution in [3.05, 3.63) is 29.0 Å². The Hall–Kier alpha value is -0.730. The van der Waals surface area contributed by atoms with Crippen molar-refractivity contribution in [1.82, 2.24) is 14.1 Å². The molecule has 1 aromatic rings. The van der Waals surface area contributed by atoms with Crippen LogP contribution in [0.5, 0.6) is 0 Å². The number of sulfonamides is 1. The molecule has 138 valence electrons. The minimum atomic E-state index is -3.83. The summed E-state index contributed by atoms with van der Waals surface area (Å²) in [5, 5.41) is 0.0432. The quantitative estimate of drug-likeness (QED) is 0.626. The number of hydrogen-bond donors (Lipinski definition) is 0. The average molecular weight is 380 g/mol. The van der Waals surface area contributed by atoms with E-state index in [4.69, 9.17) is 11.6 Å². The summed E-state index contributed by atoms with van der Waals surface area (Å²) in [4.78, 5) is 3.83. The Bertz CT molecular complexity index is 610. The van der Waals surface area contributed by atoms with Crippen LogP contribution in [-0.2, 0) is 10.0 Å². The molecule has 0 amide bonds. The van der Waals surface area contributed by atoms with Gasteiger partial charge < -0.3 is 9.80 Å². The number of hydrogen-bond acceptors (Lipinski definition) is 4. The third-order valence-electron chi connectivity index (χ3n) is 3.54. The molecule has 0 aliphatic heterocycles. The van der Waals surface area contributed by atoms with Crippen molar-refractivity contribution in [2.75, 3.05) is 54.4 Å². The van der Waals surface area contributed by atoms with E-state index in [0.717, 1.165) is 25.2 Å². The zero-order valence-electron chi connectivity index (χ0n) is 14.8. The van der Waals surface area contributed by atoms with E-state index in [1.165, 1.54) is 10.4 Å². The SMILES string of the molecule is CN(C)CCCN(CCCN(C)C)S(=O)(=O)c1cc(F)ccc1Cl. The fourth-order valence-corrected chi connectivity index (χ4v) is 4.30. The third-order valence-corrected chi connectivity index (χ3v) is 5.92. The first-order valence-electron chi connectivity index (χ1n) is 7.89. The zero-order chi connectivity index (χ0) is 18.3. The predicted molar refractivity (Wildman–Crippen MR) is 96.5 cm³/mol. The van der Waals surface area contributed by atoms with E-state index in [1.807, 2.05) is 38.0 Å². The van der Waals surface area contributed by atoms with Crippen LogP contribution in [0.2, 0.25) is 5.02 Å². The second kappa shape index (κ2) is 9.68. The molecule has 0 fully saturated rings. The van der Waals surface area contributed by atoms with E-state index in [9.17, 15) is 12.8 Å². The molecule has 1 rings (SSSR count). The fourth-order valence-electron chi connectivity index (χ4n) is 2.29. The van der Waals surface area contributed by atoms with E-state index in [1.54, 1.807) is 0 Å². The third kappa shape index (κ3) is 6.64. The van der Waals surface area contributed by atoms with Crippen LogP contribution >= 0.6 is 11.6 Å². The molecule has 0 bridgehead atoms. The normalized spacial score (nSPS) is 12.5. The van der Waals surface area contributed by atoms with Gasteiger partial charge in [0.15, 0.2) is 0 Å². The summed E-state index contributed by atoms with van der Waals surface area (Å²) in [5.74, 6) is -0.612. The maximum absolute atomic E-state index is 13.5. The van der Waals surface area contributed by atoms with E-state index in [-0.39, 0.29) is 9.92 Å². The molecule has 0 N–H and O–H groups in total. The van der Waals surface area contributed by atoms with E-state index in [0.29, 0.717) is 25.9 Å². The van der Waals surface area contributed by atoms with E-state index in [2.05, 4.69) is 0 Å². The van der Waals surface area contributed by atoms with Gasteiger partial charge in [0.1, 0.15) is 10.7 Å². The zero-order valence-corrected chi connectivity index (χ0v) is 16.4. The summed E-state index contributed by atoms with van der Waals surface area (Å²) in [6.45, 7) is 2.30. The molecule has 0 spiro atoms. The predicted octanol–water partition coefficient (Wildman–Crippen LogP) is 2.37. The fraction of sp³-hybridized carbons (Fsp3) is 0.625. The van der Waals surface area contributed by atoms with Gasteiger partial charge in [0.2, 0.25) is 10.0 Å². The Balaban J connectivity index is 2.98. The van der Waals surface area contributed by atoms with Crippen molar-refractivity contribution in [3.63, 3.8) is 0 Å². The smallest absolute Gasteiger partial charge is 0.244 e. The molecule has 0 saturated carbocycles. The van der Waals surface area contributed by atoms with Gasteiger partial charge in [-0.2, -0.15) is 4.31 Å². The lowest BCUT2D eigenvalue weighted by molar-refractivity contribution is 0.326. The van der Waals surface area contributed by atoms with Gasteiger partial charge in [0.05, 0.1) is 5.02 Å². The summed E-state index contributed by atoms with van der Waals surface area (Å²) in [5.41, 5.74) is 0. The summed E-state index contributed by atoms with van der Waals surface area (Å²) >= 11 is 6.00. The Kier molecular flexibility index (Phi) is 8.59. The maximum Gasteiger partial charge on any atom is 0.244 e. The molecule has 0 unspecified atom stereocenters. The van der Waals surface area contributed by atoms with Crippen LogP contribution in [0.25, 0.3) is 0 Å². The highest BCUT2D eigenvalue weighted by atomic mass is 35.5. The van der Waals surface area contributed by atoms with Crippen LogP contribution in [0.1, 0.15) is 12.8 Å². The molecular formula is C16H27ClFN3O2S. The molecule has 0 aliphatic rings. The van der Waals surface area contributed by atoms with E-state index < -0.39 is 15.8 Å². The van der Waals surface area contributed by atoms with Crippen LogP contribution < -0.4 is 0 Å². The maximum atomic E-state index is 13.5. The lowest BCUT2D eigenvalue weighted by Crippen LogP contribution is -2.35. The molecule has 8 heteroatoms. The molecule has 0 atom stereocenters. The van der Waals surface area contributed by atoms with Crippen molar-refractivity contribution in [2.24, 2.45) is 0 Å². The molecule has 1 aromatic carbocycles. The van der Waals surface area contributed by atoms with Gasteiger partial charge in [-0.25, -0.2) is 12.8 Å². The highest BCUT2D eigenvalue weighted by Crippen LogP contribution is 2.25. The minimum absolute atomic E-state index is 0.0432. The van der Waals surface area contributed by atoms with Crippen LogP contribution in [0, 0.1) is 5.82 Å². The van der Waals surface area contributed by atoms with Gasteiger partial charge in [0.25, 0.3) is 0 Å². The molecule has 5 nitrogen and oxygen atoms in total. The Morgan fingerprint density at radius 3 is 1.92 bits per heavy atom. The Morgan fingerprint density at radius 1 is 0.958 bits per heavy atom. The topological polar surface area (TPSA) is 43.9 Å². The largest absolute Gasteiger partial charge is 0.309 e. The van der Waals surface area contributed by atoms with Crippen LogP contribution in [-0.4, -0.2) is 76.9 Å². The molecule has 0 heterocycles. The molecule has 24 heavy (non-hydrogen) atoms. The first-order valence-corrected chi connectivity index (χ1v) is 9.71. The van der Waals surface area contributed by atoms with Crippen molar-refractivity contribution < 1.29 is 12.8 Å². The monoisotopic (exact) mass is 379 g/mol. The number of nitrogens with zero attached hydrogens (tertiary/aromatic N) is 3. The van der Waals surface area contributed by atoms with Crippen molar-refractivity contribution >= 4 is 21.6 Å². The standard InChI is InChI=1S/C16H27ClFN3O2S/c1-19(2)9-5-11-21(12-6-10-20(3)4)24(22,23)16-13-14(18)7-8-15(16)17/h7-8,13H,5-6,9-12H2,1-4H3. The molecular weight excluding hydrogens is 353 g/mol. The first-order chi connectivity index (χ1) is 11.1. The minimum Gasteiger partial charge on any atom is -0.309 e. The highest BCUT2D eigenvalue weighted by Gasteiger charge is 2.26. The van der Waals surface area contributed by atoms with E-state index >= 15 is 0 Å². The number of halogens is 2. The second-order valence-corrected chi connectivity index (χ2v) is 8.61. The van der Waals surface area contributed by atoms with Gasteiger partial charge in [-0.3, -0.25) is 0 Å². The summed E-state index contributed by atoms with van der Waals surface area (Å²) in [7, 11) is 3.93. The highest BCUT2D eigenvalue weighted by molar-refractivity contribution is 7.89. The average Bonchev–Trinajstić information content (AvgIpc) is 2.47. The molecule has 0 aromatic heterocycles.